The first-order chi connectivity index (χ1) is 11.1. The van der Waals surface area contributed by atoms with Gasteiger partial charge in [-0.25, -0.2) is 4.79 Å². The lowest BCUT2D eigenvalue weighted by molar-refractivity contribution is -0.122. The van der Waals surface area contributed by atoms with Gasteiger partial charge in [0.2, 0.25) is 0 Å². The normalized spacial score (nSPS) is 15.8. The first kappa shape index (κ1) is 14.7. The summed E-state index contributed by atoms with van der Waals surface area (Å²) in [7, 11) is 0. The summed E-state index contributed by atoms with van der Waals surface area (Å²) in [5.74, 6) is -0.779. The average Bonchev–Trinajstić information content (AvgIpc) is 2.84. The molecule has 0 bridgehead atoms. The van der Waals surface area contributed by atoms with E-state index < -0.39 is 11.9 Å². The minimum atomic E-state index is -0.582. The fourth-order valence-corrected chi connectivity index (χ4v) is 2.29. The third-order valence-electron chi connectivity index (χ3n) is 3.47. The van der Waals surface area contributed by atoms with Gasteiger partial charge < -0.3 is 5.32 Å². The zero-order valence-corrected chi connectivity index (χ0v) is 12.2. The van der Waals surface area contributed by atoms with Crippen LogP contribution in [0.2, 0.25) is 0 Å². The van der Waals surface area contributed by atoms with Gasteiger partial charge in [0.1, 0.15) is 5.70 Å². The Morgan fingerprint density at radius 3 is 2.22 bits per heavy atom. The van der Waals surface area contributed by atoms with E-state index in [4.69, 9.17) is 0 Å². The Morgan fingerprint density at radius 2 is 1.57 bits per heavy atom. The SMILES string of the molecule is O=C(CN1C(=O)N/C(=C/c2ccccc2)C1=O)c1ccccc1. The Balaban J connectivity index is 1.77. The fraction of sp³-hybridized carbons (Fsp3) is 0.0556. The Morgan fingerprint density at radius 1 is 0.957 bits per heavy atom. The van der Waals surface area contributed by atoms with Crippen molar-refractivity contribution < 1.29 is 14.4 Å². The van der Waals surface area contributed by atoms with E-state index in [2.05, 4.69) is 5.32 Å². The molecule has 2 aromatic rings. The summed E-state index contributed by atoms with van der Waals surface area (Å²) in [6.45, 7) is -0.277. The molecular formula is C18H14N2O3. The lowest BCUT2D eigenvalue weighted by atomic mass is 10.1. The Kier molecular flexibility index (Phi) is 4.01. The van der Waals surface area contributed by atoms with E-state index in [1.165, 1.54) is 0 Å². The van der Waals surface area contributed by atoms with E-state index >= 15 is 0 Å². The number of hydrogen-bond acceptors (Lipinski definition) is 3. The fourth-order valence-electron chi connectivity index (χ4n) is 2.29. The molecule has 0 saturated carbocycles. The summed E-state index contributed by atoms with van der Waals surface area (Å²) < 4.78 is 0. The minimum Gasteiger partial charge on any atom is -0.303 e. The van der Waals surface area contributed by atoms with Crippen molar-refractivity contribution in [3.05, 3.63) is 77.5 Å². The quantitative estimate of drug-likeness (QED) is 0.536. The van der Waals surface area contributed by atoms with Gasteiger partial charge in [-0.05, 0) is 11.6 Å². The minimum absolute atomic E-state index is 0.169. The number of hydrogen-bond donors (Lipinski definition) is 1. The van der Waals surface area contributed by atoms with Crippen LogP contribution in [0.3, 0.4) is 0 Å². The molecule has 1 N–H and O–H groups in total. The topological polar surface area (TPSA) is 66.5 Å². The molecule has 23 heavy (non-hydrogen) atoms. The van der Waals surface area contributed by atoms with Crippen LogP contribution in [0.5, 0.6) is 0 Å². The number of imide groups is 1. The van der Waals surface area contributed by atoms with Gasteiger partial charge in [-0.1, -0.05) is 60.7 Å². The monoisotopic (exact) mass is 306 g/mol. The van der Waals surface area contributed by atoms with Gasteiger partial charge in [-0.2, -0.15) is 0 Å². The molecule has 2 aromatic carbocycles. The molecule has 1 fully saturated rings. The summed E-state index contributed by atoms with van der Waals surface area (Å²) in [6, 6.07) is 17.2. The number of ketones is 1. The smallest absolute Gasteiger partial charge is 0.303 e. The summed E-state index contributed by atoms with van der Waals surface area (Å²) >= 11 is 0. The first-order valence-electron chi connectivity index (χ1n) is 7.13. The van der Waals surface area contributed by atoms with Gasteiger partial charge in [-0.3, -0.25) is 14.5 Å². The van der Waals surface area contributed by atoms with Gasteiger partial charge in [0, 0.05) is 5.56 Å². The maximum atomic E-state index is 12.3. The molecule has 1 aliphatic rings. The number of nitrogens with zero attached hydrogens (tertiary/aromatic N) is 1. The molecule has 1 saturated heterocycles. The standard InChI is InChI=1S/C18H14N2O3/c21-16(14-9-5-2-6-10-14)12-20-17(22)15(19-18(20)23)11-13-7-3-1-4-8-13/h1-11H,12H2,(H,19,23)/b15-11+. The van der Waals surface area contributed by atoms with Crippen molar-refractivity contribution in [2.75, 3.05) is 6.54 Å². The summed E-state index contributed by atoms with van der Waals surface area (Å²) in [6.07, 6.45) is 1.59. The number of nitrogens with one attached hydrogen (secondary N) is 1. The Bertz CT molecular complexity index is 782. The maximum Gasteiger partial charge on any atom is 0.329 e. The lowest BCUT2D eigenvalue weighted by Crippen LogP contribution is -2.35. The van der Waals surface area contributed by atoms with Crippen molar-refractivity contribution in [3.8, 4) is 0 Å². The van der Waals surface area contributed by atoms with E-state index in [1.807, 2.05) is 30.3 Å². The molecule has 1 heterocycles. The van der Waals surface area contributed by atoms with Crippen molar-refractivity contribution in [2.24, 2.45) is 0 Å². The second kappa shape index (κ2) is 6.27. The number of rotatable bonds is 4. The first-order valence-corrected chi connectivity index (χ1v) is 7.13. The maximum absolute atomic E-state index is 12.3. The molecule has 114 valence electrons. The predicted molar refractivity (Wildman–Crippen MR) is 85.4 cm³/mol. The van der Waals surface area contributed by atoms with E-state index in [1.54, 1.807) is 36.4 Å². The van der Waals surface area contributed by atoms with Crippen LogP contribution in [0, 0.1) is 0 Å². The van der Waals surface area contributed by atoms with Gasteiger partial charge in [0.15, 0.2) is 5.78 Å². The van der Waals surface area contributed by atoms with E-state index in [9.17, 15) is 14.4 Å². The molecule has 5 heteroatoms. The van der Waals surface area contributed by atoms with Gasteiger partial charge in [-0.15, -0.1) is 0 Å². The highest BCUT2D eigenvalue weighted by atomic mass is 16.2. The van der Waals surface area contributed by atoms with Crippen LogP contribution in [0.25, 0.3) is 6.08 Å². The third kappa shape index (κ3) is 3.18. The highest BCUT2D eigenvalue weighted by molar-refractivity contribution is 6.16. The zero-order valence-electron chi connectivity index (χ0n) is 12.2. The highest BCUT2D eigenvalue weighted by Gasteiger charge is 2.34. The van der Waals surface area contributed by atoms with Crippen LogP contribution in [0.1, 0.15) is 15.9 Å². The number of carbonyl (C=O) groups excluding carboxylic acids is 3. The van der Waals surface area contributed by atoms with Crippen LogP contribution in [0.4, 0.5) is 4.79 Å². The Labute approximate surface area is 133 Å². The highest BCUT2D eigenvalue weighted by Crippen LogP contribution is 2.14. The number of benzene rings is 2. The third-order valence-corrected chi connectivity index (χ3v) is 3.47. The molecular weight excluding hydrogens is 292 g/mol. The van der Waals surface area contributed by atoms with Crippen LogP contribution in [0.15, 0.2) is 66.4 Å². The van der Waals surface area contributed by atoms with E-state index in [0.717, 1.165) is 10.5 Å². The van der Waals surface area contributed by atoms with Gasteiger partial charge >= 0.3 is 6.03 Å². The van der Waals surface area contributed by atoms with E-state index in [0.29, 0.717) is 5.56 Å². The van der Waals surface area contributed by atoms with Crippen molar-refractivity contribution in [1.29, 1.82) is 0 Å². The zero-order chi connectivity index (χ0) is 16.2. The number of urea groups is 1. The molecule has 0 aliphatic carbocycles. The van der Waals surface area contributed by atoms with Gasteiger partial charge in [0.25, 0.3) is 5.91 Å². The molecule has 0 aromatic heterocycles. The summed E-state index contributed by atoms with van der Waals surface area (Å²) in [5, 5.41) is 2.51. The molecule has 3 amide bonds. The average molecular weight is 306 g/mol. The van der Waals surface area contributed by atoms with Crippen LogP contribution < -0.4 is 5.32 Å². The molecule has 0 radical (unpaired) electrons. The molecule has 0 unspecified atom stereocenters. The molecule has 3 rings (SSSR count). The molecule has 1 aliphatic heterocycles. The van der Waals surface area contributed by atoms with Crippen molar-refractivity contribution in [3.63, 3.8) is 0 Å². The Hall–Kier alpha value is -3.21. The number of amides is 3. The van der Waals surface area contributed by atoms with Crippen LogP contribution in [-0.4, -0.2) is 29.2 Å². The number of carbonyl (C=O) groups is 3. The predicted octanol–water partition coefficient (Wildman–Crippen LogP) is 2.46. The second-order valence-electron chi connectivity index (χ2n) is 5.08. The largest absolute Gasteiger partial charge is 0.329 e. The van der Waals surface area contributed by atoms with Crippen molar-refractivity contribution >= 4 is 23.8 Å². The molecule has 0 atom stereocenters. The van der Waals surface area contributed by atoms with Crippen molar-refractivity contribution in [2.45, 2.75) is 0 Å². The molecule has 0 spiro atoms. The summed E-state index contributed by atoms with van der Waals surface area (Å²) in [5.41, 5.74) is 1.43. The van der Waals surface area contributed by atoms with Crippen LogP contribution in [-0.2, 0) is 4.79 Å². The van der Waals surface area contributed by atoms with Crippen molar-refractivity contribution in [1.82, 2.24) is 10.2 Å². The van der Waals surface area contributed by atoms with Gasteiger partial charge in [0.05, 0.1) is 6.54 Å². The molecule has 5 nitrogen and oxygen atoms in total. The van der Waals surface area contributed by atoms with Crippen LogP contribution >= 0.6 is 0 Å². The second-order valence-corrected chi connectivity index (χ2v) is 5.08. The summed E-state index contributed by atoms with van der Waals surface area (Å²) in [4.78, 5) is 37.3. The lowest BCUT2D eigenvalue weighted by Gasteiger charge is -2.10. The number of Topliss-reactive ketones (excluding diaryl/α,β-unsaturated/α-hetero) is 1. The van der Waals surface area contributed by atoms with E-state index in [-0.39, 0.29) is 18.0 Å².